The highest BCUT2D eigenvalue weighted by Crippen LogP contribution is 2.25. The number of hydrogen-bond acceptors (Lipinski definition) is 6. The van der Waals surface area contributed by atoms with E-state index in [2.05, 4.69) is 4.72 Å². The molecule has 0 aliphatic rings. The zero-order valence-corrected chi connectivity index (χ0v) is 18.7. The van der Waals surface area contributed by atoms with Gasteiger partial charge in [0.15, 0.2) is 0 Å². The van der Waals surface area contributed by atoms with E-state index in [1.165, 1.54) is 36.4 Å². The molecule has 0 saturated carbocycles. The summed E-state index contributed by atoms with van der Waals surface area (Å²) < 4.78 is 35.5. The topological polar surface area (TPSA) is 94.5 Å². The van der Waals surface area contributed by atoms with Gasteiger partial charge in [0, 0.05) is 11.7 Å². The number of fused-ring (bicyclic) bond motifs is 1. The minimum atomic E-state index is -3.85. The monoisotopic (exact) mass is 448 g/mol. The number of ether oxygens (including phenoxy) is 1. The van der Waals surface area contributed by atoms with Crippen molar-refractivity contribution in [3.63, 3.8) is 0 Å². The quantitative estimate of drug-likeness (QED) is 0.407. The first-order valence-corrected chi connectivity index (χ1v) is 12.0. The average molecular weight is 449 g/mol. The number of carbonyl (C=O) groups is 1. The Morgan fingerprint density at radius 1 is 1.17 bits per heavy atom. The maximum atomic E-state index is 12.8. The predicted molar refractivity (Wildman–Crippen MR) is 119 cm³/mol. The summed E-state index contributed by atoms with van der Waals surface area (Å²) in [7, 11) is -3.85. The first kappa shape index (κ1) is 22.0. The Bertz CT molecular complexity index is 1210. The van der Waals surface area contributed by atoms with Gasteiger partial charge in [-0.15, -0.1) is 0 Å². The molecule has 2 aromatic carbocycles. The van der Waals surface area contributed by atoms with Gasteiger partial charge in [-0.1, -0.05) is 24.7 Å². The number of sulfonamides is 1. The van der Waals surface area contributed by atoms with E-state index < -0.39 is 16.0 Å². The number of esters is 1. The molecule has 0 aliphatic carbocycles. The van der Waals surface area contributed by atoms with Crippen LogP contribution in [-0.4, -0.2) is 25.6 Å². The molecule has 1 aromatic heterocycles. The van der Waals surface area contributed by atoms with Crippen LogP contribution >= 0.6 is 11.3 Å². The lowest BCUT2D eigenvalue weighted by Crippen LogP contribution is -2.15. The first-order valence-electron chi connectivity index (χ1n) is 9.68. The van der Waals surface area contributed by atoms with E-state index in [-0.39, 0.29) is 15.8 Å². The van der Waals surface area contributed by atoms with Crippen molar-refractivity contribution in [3.05, 3.63) is 57.7 Å². The van der Waals surface area contributed by atoms with Gasteiger partial charge in [0.05, 0.1) is 27.3 Å². The third-order valence-electron chi connectivity index (χ3n) is 4.52. The lowest BCUT2D eigenvalue weighted by atomic mass is 10.2. The Labute approximate surface area is 179 Å². The van der Waals surface area contributed by atoms with Crippen LogP contribution in [0.5, 0.6) is 0 Å². The molecule has 0 bridgehead atoms. The van der Waals surface area contributed by atoms with E-state index in [1.54, 1.807) is 10.6 Å². The highest BCUT2D eigenvalue weighted by Gasteiger charge is 2.18. The van der Waals surface area contributed by atoms with Crippen LogP contribution in [0.15, 0.2) is 52.2 Å². The number of anilines is 1. The molecule has 0 atom stereocenters. The number of benzene rings is 2. The highest BCUT2D eigenvalue weighted by molar-refractivity contribution is 7.92. The Hall–Kier alpha value is -2.65. The second-order valence-corrected chi connectivity index (χ2v) is 9.81. The van der Waals surface area contributed by atoms with Gasteiger partial charge in [-0.05, 0) is 62.7 Å². The molecule has 7 nitrogen and oxygen atoms in total. The number of carbonyl (C=O) groups excluding carboxylic acids is 1. The van der Waals surface area contributed by atoms with Crippen molar-refractivity contribution in [2.24, 2.45) is 0 Å². The normalized spacial score (nSPS) is 11.7. The van der Waals surface area contributed by atoms with Crippen LogP contribution in [0.25, 0.3) is 10.2 Å². The van der Waals surface area contributed by atoms with Crippen molar-refractivity contribution in [2.45, 2.75) is 44.6 Å². The number of nitrogens with one attached hydrogen (secondary N) is 1. The second-order valence-electron chi connectivity index (χ2n) is 7.13. The summed E-state index contributed by atoms with van der Waals surface area (Å²) in [6, 6.07) is 10.7. The summed E-state index contributed by atoms with van der Waals surface area (Å²) in [6.07, 6.45) is 1.72. The molecule has 9 heteroatoms. The molecule has 0 fully saturated rings. The van der Waals surface area contributed by atoms with Crippen LogP contribution in [-0.2, 0) is 14.8 Å². The number of hydrogen-bond donors (Lipinski definition) is 1. The van der Waals surface area contributed by atoms with Crippen LogP contribution in [0, 0.1) is 0 Å². The van der Waals surface area contributed by atoms with Gasteiger partial charge in [-0.3, -0.25) is 14.1 Å². The summed E-state index contributed by atoms with van der Waals surface area (Å²) in [5.41, 5.74) is 1.40. The summed E-state index contributed by atoms with van der Waals surface area (Å²) in [6.45, 7) is 6.18. The minimum absolute atomic E-state index is 0.0148. The molecule has 0 amide bonds. The minimum Gasteiger partial charge on any atom is -0.462 e. The molecule has 1 heterocycles. The molecule has 1 N–H and O–H groups in total. The predicted octanol–water partition coefficient (Wildman–Crippen LogP) is 4.40. The van der Waals surface area contributed by atoms with Gasteiger partial charge in [0.2, 0.25) is 0 Å². The van der Waals surface area contributed by atoms with Gasteiger partial charge >= 0.3 is 10.8 Å². The Morgan fingerprint density at radius 3 is 2.50 bits per heavy atom. The third-order valence-corrected chi connectivity index (χ3v) is 6.81. The Morgan fingerprint density at radius 2 is 1.87 bits per heavy atom. The number of rotatable bonds is 8. The van der Waals surface area contributed by atoms with E-state index in [1.807, 2.05) is 20.8 Å². The lowest BCUT2D eigenvalue weighted by molar-refractivity contribution is 0.0500. The number of thiazole rings is 1. The fraction of sp³-hybridized carbons (Fsp3) is 0.333. The first-order chi connectivity index (χ1) is 14.2. The molecule has 160 valence electrons. The summed E-state index contributed by atoms with van der Waals surface area (Å²) in [5.74, 6) is -0.437. The van der Waals surface area contributed by atoms with Crippen molar-refractivity contribution >= 4 is 43.2 Å². The maximum absolute atomic E-state index is 12.8. The molecule has 3 aromatic rings. The van der Waals surface area contributed by atoms with Crippen molar-refractivity contribution in [2.75, 3.05) is 11.3 Å². The summed E-state index contributed by atoms with van der Waals surface area (Å²) in [4.78, 5) is 24.1. The fourth-order valence-corrected chi connectivity index (χ4v) is 5.17. The molecule has 0 spiro atoms. The Balaban J connectivity index is 1.79. The molecule has 0 unspecified atom stereocenters. The molecule has 30 heavy (non-hydrogen) atoms. The van der Waals surface area contributed by atoms with Gasteiger partial charge in [-0.2, -0.15) is 0 Å². The number of aromatic nitrogens is 1. The zero-order chi connectivity index (χ0) is 21.9. The second kappa shape index (κ2) is 9.01. The van der Waals surface area contributed by atoms with Gasteiger partial charge in [-0.25, -0.2) is 13.2 Å². The smallest absolute Gasteiger partial charge is 0.338 e. The summed E-state index contributed by atoms with van der Waals surface area (Å²) >= 11 is 1.02. The van der Waals surface area contributed by atoms with E-state index >= 15 is 0 Å². The van der Waals surface area contributed by atoms with Gasteiger partial charge in [0.1, 0.15) is 0 Å². The highest BCUT2D eigenvalue weighted by atomic mass is 32.2. The van der Waals surface area contributed by atoms with Crippen LogP contribution < -0.4 is 9.60 Å². The van der Waals surface area contributed by atoms with Crippen LogP contribution in [0.4, 0.5) is 5.69 Å². The van der Waals surface area contributed by atoms with Gasteiger partial charge in [0.25, 0.3) is 10.0 Å². The summed E-state index contributed by atoms with van der Waals surface area (Å²) in [5, 5.41) is 0. The molecular formula is C21H24N2O5S2. The fourth-order valence-electron chi connectivity index (χ4n) is 2.95. The van der Waals surface area contributed by atoms with E-state index in [0.29, 0.717) is 28.1 Å². The number of nitrogens with zero attached hydrogens (tertiary/aromatic N) is 1. The lowest BCUT2D eigenvalue weighted by Gasteiger charge is -2.10. The molecule has 0 aliphatic heterocycles. The van der Waals surface area contributed by atoms with Crippen LogP contribution in [0.3, 0.4) is 0 Å². The maximum Gasteiger partial charge on any atom is 0.338 e. The van der Waals surface area contributed by atoms with E-state index in [0.717, 1.165) is 24.2 Å². The standard InChI is InChI=1S/C21H24N2O5S2/c1-4-5-12-28-20(24)15-6-8-16(9-7-15)22-30(26,27)17-10-11-18-19(13-17)29-21(25)23(18)14(2)3/h6-11,13-14,22H,4-5,12H2,1-3H3. The van der Waals surface area contributed by atoms with Crippen molar-refractivity contribution < 1.29 is 17.9 Å². The van der Waals surface area contributed by atoms with E-state index in [4.69, 9.17) is 4.74 Å². The SMILES string of the molecule is CCCCOC(=O)c1ccc(NS(=O)(=O)c2ccc3c(c2)sc(=O)n3C(C)C)cc1. The molecular weight excluding hydrogens is 424 g/mol. The largest absolute Gasteiger partial charge is 0.462 e. The van der Waals surface area contributed by atoms with Crippen molar-refractivity contribution in [1.82, 2.24) is 4.57 Å². The van der Waals surface area contributed by atoms with Crippen molar-refractivity contribution in [1.29, 1.82) is 0 Å². The van der Waals surface area contributed by atoms with Crippen LogP contribution in [0.2, 0.25) is 0 Å². The number of unbranched alkanes of at least 4 members (excludes halogenated alkanes) is 1. The third kappa shape index (κ3) is 4.73. The average Bonchev–Trinajstić information content (AvgIpc) is 3.03. The van der Waals surface area contributed by atoms with Crippen molar-refractivity contribution in [3.8, 4) is 0 Å². The molecule has 3 rings (SSSR count). The zero-order valence-electron chi connectivity index (χ0n) is 17.0. The molecule has 0 saturated heterocycles. The molecule has 0 radical (unpaired) electrons. The van der Waals surface area contributed by atoms with Crippen LogP contribution in [0.1, 0.15) is 50.0 Å². The van der Waals surface area contributed by atoms with Gasteiger partial charge < -0.3 is 4.74 Å². The van der Waals surface area contributed by atoms with E-state index in [9.17, 15) is 18.0 Å². The Kier molecular flexibility index (Phi) is 6.62.